The molecule has 0 aliphatic carbocycles. The summed E-state index contributed by atoms with van der Waals surface area (Å²) in [6, 6.07) is -0.421. The first-order valence-electron chi connectivity index (χ1n) is 5.10. The maximum Gasteiger partial charge on any atom is 0.323 e. The van der Waals surface area contributed by atoms with Crippen LogP contribution in [-0.4, -0.2) is 45.4 Å². The number of likely N-dealkylation sites (N-methyl/N-ethyl adjacent to an activating group) is 1. The summed E-state index contributed by atoms with van der Waals surface area (Å²) in [6.07, 6.45) is 1.67. The topological polar surface area (TPSA) is 87.5 Å². The molecule has 0 aromatic carbocycles. The molecule has 0 aliphatic rings. The highest BCUT2D eigenvalue weighted by Crippen LogP contribution is 2.04. The van der Waals surface area contributed by atoms with E-state index in [2.05, 4.69) is 10.4 Å². The third-order valence-electron chi connectivity index (χ3n) is 2.49. The molecule has 7 nitrogen and oxygen atoms in total. The average Bonchev–Trinajstić information content (AvgIpc) is 2.55. The van der Waals surface area contributed by atoms with Crippen molar-refractivity contribution in [3.8, 4) is 0 Å². The number of carboxylic acids is 1. The molecular weight excluding hydrogens is 224 g/mol. The fourth-order valence-electron chi connectivity index (χ4n) is 1.30. The number of aromatic nitrogens is 2. The number of hydrogen-bond acceptors (Lipinski definition) is 3. The van der Waals surface area contributed by atoms with E-state index in [0.29, 0.717) is 6.54 Å². The largest absolute Gasteiger partial charge is 0.480 e. The van der Waals surface area contributed by atoms with E-state index in [9.17, 15) is 9.59 Å². The number of aryl methyl sites for hydroxylation is 1. The van der Waals surface area contributed by atoms with Crippen molar-refractivity contribution in [2.24, 2.45) is 7.05 Å². The zero-order valence-electron chi connectivity index (χ0n) is 10.1. The summed E-state index contributed by atoms with van der Waals surface area (Å²) < 4.78 is 1.71. The Bertz CT molecular complexity index is 427. The molecule has 0 radical (unpaired) electrons. The smallest absolute Gasteiger partial charge is 0.323 e. The Kier molecular flexibility index (Phi) is 4.08. The van der Waals surface area contributed by atoms with Crippen molar-refractivity contribution < 1.29 is 14.7 Å². The van der Waals surface area contributed by atoms with Crippen LogP contribution in [-0.2, 0) is 18.4 Å². The third kappa shape index (κ3) is 3.47. The molecule has 1 heterocycles. The number of urea groups is 1. The molecule has 1 rings (SSSR count). The normalized spacial score (nSPS) is 10.1. The summed E-state index contributed by atoms with van der Waals surface area (Å²) in [5.41, 5.74) is 1.87. The predicted molar refractivity (Wildman–Crippen MR) is 60.4 cm³/mol. The Hall–Kier alpha value is -2.05. The monoisotopic (exact) mass is 240 g/mol. The zero-order valence-corrected chi connectivity index (χ0v) is 10.1. The average molecular weight is 240 g/mol. The summed E-state index contributed by atoms with van der Waals surface area (Å²) in [6.45, 7) is 1.91. The van der Waals surface area contributed by atoms with Crippen LogP contribution in [0.2, 0.25) is 0 Å². The molecule has 0 saturated carbocycles. The van der Waals surface area contributed by atoms with Gasteiger partial charge in [0, 0.05) is 31.9 Å². The van der Waals surface area contributed by atoms with Crippen LogP contribution in [0.5, 0.6) is 0 Å². The van der Waals surface area contributed by atoms with Gasteiger partial charge in [0.2, 0.25) is 0 Å². The summed E-state index contributed by atoms with van der Waals surface area (Å²) in [5, 5.41) is 15.2. The van der Waals surface area contributed by atoms with Crippen molar-refractivity contribution in [2.75, 3.05) is 13.6 Å². The van der Waals surface area contributed by atoms with E-state index in [1.54, 1.807) is 10.9 Å². The van der Waals surface area contributed by atoms with Crippen molar-refractivity contribution >= 4 is 12.0 Å². The fraction of sp³-hybridized carbons (Fsp3) is 0.500. The van der Waals surface area contributed by atoms with Crippen LogP contribution in [0.4, 0.5) is 4.79 Å². The van der Waals surface area contributed by atoms with Gasteiger partial charge in [0.1, 0.15) is 6.54 Å². The molecule has 7 heteroatoms. The molecule has 0 atom stereocenters. The minimum Gasteiger partial charge on any atom is -0.480 e. The first-order valence-corrected chi connectivity index (χ1v) is 5.10. The quantitative estimate of drug-likeness (QED) is 0.772. The van der Waals surface area contributed by atoms with Gasteiger partial charge in [-0.25, -0.2) is 4.79 Å². The van der Waals surface area contributed by atoms with Crippen molar-refractivity contribution in [3.63, 3.8) is 0 Å². The van der Waals surface area contributed by atoms with Gasteiger partial charge in [0.25, 0.3) is 0 Å². The third-order valence-corrected chi connectivity index (χ3v) is 2.49. The van der Waals surface area contributed by atoms with Gasteiger partial charge in [-0.3, -0.25) is 9.48 Å². The minimum atomic E-state index is -1.04. The van der Waals surface area contributed by atoms with Crippen molar-refractivity contribution in [1.29, 1.82) is 0 Å². The van der Waals surface area contributed by atoms with E-state index >= 15 is 0 Å². The van der Waals surface area contributed by atoms with E-state index < -0.39 is 12.0 Å². The van der Waals surface area contributed by atoms with Gasteiger partial charge in [-0.2, -0.15) is 5.10 Å². The number of carbonyl (C=O) groups is 2. The van der Waals surface area contributed by atoms with E-state index in [-0.39, 0.29) is 6.54 Å². The van der Waals surface area contributed by atoms with Crippen LogP contribution in [0.15, 0.2) is 6.20 Å². The van der Waals surface area contributed by atoms with Crippen LogP contribution in [0.3, 0.4) is 0 Å². The highest BCUT2D eigenvalue weighted by atomic mass is 16.4. The Morgan fingerprint density at radius 1 is 1.59 bits per heavy atom. The number of amides is 2. The maximum absolute atomic E-state index is 11.5. The van der Waals surface area contributed by atoms with Crippen molar-refractivity contribution in [1.82, 2.24) is 20.0 Å². The summed E-state index contributed by atoms with van der Waals surface area (Å²) in [5.74, 6) is -1.04. The number of nitrogens with zero attached hydrogens (tertiary/aromatic N) is 3. The maximum atomic E-state index is 11.5. The molecule has 2 N–H and O–H groups in total. The second-order valence-corrected chi connectivity index (χ2v) is 3.79. The lowest BCUT2D eigenvalue weighted by atomic mass is 10.2. The molecule has 0 aliphatic heterocycles. The number of carboxylic acid groups (broad SMARTS) is 1. The molecule has 0 unspecified atom stereocenters. The number of rotatable bonds is 4. The Morgan fingerprint density at radius 2 is 2.24 bits per heavy atom. The van der Waals surface area contributed by atoms with Crippen LogP contribution < -0.4 is 5.32 Å². The van der Waals surface area contributed by atoms with Gasteiger partial charge in [-0.1, -0.05) is 0 Å². The second-order valence-electron chi connectivity index (χ2n) is 3.79. The molecule has 94 valence electrons. The number of nitrogens with one attached hydrogen (secondary N) is 1. The molecule has 0 bridgehead atoms. The molecule has 2 amide bonds. The minimum absolute atomic E-state index is 0.322. The SMILES string of the molecule is Cc1c(CNC(=O)N(C)CC(=O)O)cnn1C. The first kappa shape index (κ1) is 13.0. The summed E-state index contributed by atoms with van der Waals surface area (Å²) >= 11 is 0. The van der Waals surface area contributed by atoms with Gasteiger partial charge in [-0.15, -0.1) is 0 Å². The van der Waals surface area contributed by atoms with Crippen LogP contribution >= 0.6 is 0 Å². The fourth-order valence-corrected chi connectivity index (χ4v) is 1.30. The molecule has 0 saturated heterocycles. The number of aliphatic carboxylic acids is 1. The van der Waals surface area contributed by atoms with Crippen LogP contribution in [0.1, 0.15) is 11.3 Å². The highest BCUT2D eigenvalue weighted by Gasteiger charge is 2.12. The molecule has 0 fully saturated rings. The van der Waals surface area contributed by atoms with E-state index in [1.807, 2.05) is 14.0 Å². The van der Waals surface area contributed by atoms with Crippen LogP contribution in [0.25, 0.3) is 0 Å². The Morgan fingerprint density at radius 3 is 2.71 bits per heavy atom. The van der Waals surface area contributed by atoms with Crippen molar-refractivity contribution in [3.05, 3.63) is 17.5 Å². The lowest BCUT2D eigenvalue weighted by molar-refractivity contribution is -0.137. The molecule has 1 aromatic rings. The lowest BCUT2D eigenvalue weighted by Crippen LogP contribution is -2.39. The Labute approximate surface area is 99.0 Å². The van der Waals surface area contributed by atoms with Gasteiger partial charge < -0.3 is 15.3 Å². The van der Waals surface area contributed by atoms with Crippen molar-refractivity contribution in [2.45, 2.75) is 13.5 Å². The van der Waals surface area contributed by atoms with Gasteiger partial charge in [0.05, 0.1) is 6.20 Å². The van der Waals surface area contributed by atoms with Gasteiger partial charge in [-0.05, 0) is 6.92 Å². The number of carbonyl (C=O) groups excluding carboxylic acids is 1. The summed E-state index contributed by atoms with van der Waals surface area (Å²) in [7, 11) is 3.25. The van der Waals surface area contributed by atoms with Gasteiger partial charge >= 0.3 is 12.0 Å². The van der Waals surface area contributed by atoms with Gasteiger partial charge in [0.15, 0.2) is 0 Å². The summed E-state index contributed by atoms with van der Waals surface area (Å²) in [4.78, 5) is 23.0. The molecule has 0 spiro atoms. The molecular formula is C10H16N4O3. The second kappa shape index (κ2) is 5.33. The first-order chi connectivity index (χ1) is 7.91. The van der Waals surface area contributed by atoms with E-state index in [0.717, 1.165) is 16.2 Å². The number of hydrogen-bond donors (Lipinski definition) is 2. The zero-order chi connectivity index (χ0) is 13.0. The lowest BCUT2D eigenvalue weighted by Gasteiger charge is -2.15. The Balaban J connectivity index is 2.48. The predicted octanol–water partition coefficient (Wildman–Crippen LogP) is -0.0455. The standard InChI is InChI=1S/C10H16N4O3/c1-7-8(5-12-14(7)3)4-11-10(17)13(2)6-9(15)16/h5H,4,6H2,1-3H3,(H,11,17)(H,15,16). The highest BCUT2D eigenvalue weighted by molar-refractivity contribution is 5.79. The molecule has 17 heavy (non-hydrogen) atoms. The van der Waals surface area contributed by atoms with E-state index in [4.69, 9.17) is 5.11 Å². The molecule has 1 aromatic heterocycles. The van der Waals surface area contributed by atoms with E-state index in [1.165, 1.54) is 7.05 Å². The van der Waals surface area contributed by atoms with Crippen LogP contribution in [0, 0.1) is 6.92 Å².